The first-order chi connectivity index (χ1) is 16.2. The van der Waals surface area contributed by atoms with Crippen molar-refractivity contribution in [3.63, 3.8) is 0 Å². The van der Waals surface area contributed by atoms with Gasteiger partial charge >= 0.3 is 0 Å². The second kappa shape index (κ2) is 8.92. The standard InChI is InChI=1S/C26H21N5O2/c1-33-21-9-5-8-20(14-21)22-15-24(26(32)28-17-18-10-12-27-13-11-18)31-25(29-22)16-23(30-31)19-6-3-2-4-7-19/h2-16H,17H2,1H3,(H,28,32). The van der Waals surface area contributed by atoms with Gasteiger partial charge in [-0.2, -0.15) is 5.10 Å². The second-order valence-corrected chi connectivity index (χ2v) is 7.46. The number of carbonyl (C=O) groups is 1. The monoisotopic (exact) mass is 435 g/mol. The highest BCUT2D eigenvalue weighted by molar-refractivity contribution is 5.94. The molecule has 5 rings (SSSR count). The predicted octanol–water partition coefficient (Wildman–Crippen LogP) is 4.40. The number of aromatic nitrogens is 4. The number of amides is 1. The number of carbonyl (C=O) groups excluding carboxylic acids is 1. The molecule has 0 atom stereocenters. The van der Waals surface area contributed by atoms with Gasteiger partial charge in [0.15, 0.2) is 5.65 Å². The molecule has 2 aromatic carbocycles. The van der Waals surface area contributed by atoms with E-state index in [1.165, 1.54) is 0 Å². The minimum absolute atomic E-state index is 0.244. The van der Waals surface area contributed by atoms with Gasteiger partial charge in [0.1, 0.15) is 11.4 Å². The lowest BCUT2D eigenvalue weighted by Crippen LogP contribution is -2.25. The Morgan fingerprint density at radius 3 is 2.48 bits per heavy atom. The molecule has 0 saturated heterocycles. The van der Waals surface area contributed by atoms with E-state index >= 15 is 0 Å². The first kappa shape index (κ1) is 20.4. The van der Waals surface area contributed by atoms with E-state index in [1.54, 1.807) is 30.1 Å². The Bertz CT molecular complexity index is 1420. The van der Waals surface area contributed by atoms with E-state index in [1.807, 2.05) is 72.8 Å². The Labute approximate surface area is 190 Å². The van der Waals surface area contributed by atoms with Crippen molar-refractivity contribution in [2.45, 2.75) is 6.54 Å². The highest BCUT2D eigenvalue weighted by atomic mass is 16.5. The van der Waals surface area contributed by atoms with Gasteiger partial charge in [-0.3, -0.25) is 9.78 Å². The van der Waals surface area contributed by atoms with Crippen LogP contribution in [-0.4, -0.2) is 32.6 Å². The lowest BCUT2D eigenvalue weighted by molar-refractivity contribution is 0.0943. The molecule has 0 bridgehead atoms. The minimum Gasteiger partial charge on any atom is -0.497 e. The zero-order valence-corrected chi connectivity index (χ0v) is 18.0. The summed E-state index contributed by atoms with van der Waals surface area (Å²) < 4.78 is 6.95. The molecular formula is C26H21N5O2. The summed E-state index contributed by atoms with van der Waals surface area (Å²) in [6.45, 7) is 0.381. The highest BCUT2D eigenvalue weighted by Gasteiger charge is 2.17. The van der Waals surface area contributed by atoms with E-state index in [4.69, 9.17) is 9.72 Å². The lowest BCUT2D eigenvalue weighted by Gasteiger charge is -2.10. The van der Waals surface area contributed by atoms with Crippen molar-refractivity contribution in [1.29, 1.82) is 0 Å². The van der Waals surface area contributed by atoms with Crippen molar-refractivity contribution in [2.75, 3.05) is 7.11 Å². The number of fused-ring (bicyclic) bond motifs is 1. The van der Waals surface area contributed by atoms with Gasteiger partial charge in [-0.15, -0.1) is 0 Å². The molecule has 0 radical (unpaired) electrons. The van der Waals surface area contributed by atoms with E-state index < -0.39 is 0 Å². The van der Waals surface area contributed by atoms with Crippen LogP contribution in [0.4, 0.5) is 0 Å². The maximum Gasteiger partial charge on any atom is 0.270 e. The summed E-state index contributed by atoms with van der Waals surface area (Å²) in [4.78, 5) is 22.0. The Hall–Kier alpha value is -4.52. The van der Waals surface area contributed by atoms with Gasteiger partial charge < -0.3 is 10.1 Å². The van der Waals surface area contributed by atoms with E-state index in [9.17, 15) is 4.79 Å². The van der Waals surface area contributed by atoms with E-state index in [0.717, 1.165) is 28.1 Å². The summed E-state index contributed by atoms with van der Waals surface area (Å²) in [5.41, 5.74) is 5.15. The van der Waals surface area contributed by atoms with Crippen LogP contribution in [0.5, 0.6) is 5.75 Å². The summed E-state index contributed by atoms with van der Waals surface area (Å²) in [5.74, 6) is 0.474. The third-order valence-corrected chi connectivity index (χ3v) is 5.30. The molecule has 0 aliphatic carbocycles. The number of pyridine rings is 1. The smallest absolute Gasteiger partial charge is 0.270 e. The molecule has 0 unspecified atom stereocenters. The second-order valence-electron chi connectivity index (χ2n) is 7.46. The molecule has 7 nitrogen and oxygen atoms in total. The molecule has 0 saturated carbocycles. The van der Waals surface area contributed by atoms with Crippen LogP contribution in [0, 0.1) is 0 Å². The first-order valence-corrected chi connectivity index (χ1v) is 10.5. The zero-order valence-electron chi connectivity index (χ0n) is 18.0. The number of benzene rings is 2. The van der Waals surface area contributed by atoms with Gasteiger partial charge in [-0.1, -0.05) is 42.5 Å². The Morgan fingerprint density at radius 1 is 0.909 bits per heavy atom. The number of ether oxygens (including phenoxy) is 1. The quantitative estimate of drug-likeness (QED) is 0.428. The number of hydrogen-bond donors (Lipinski definition) is 1. The molecule has 1 amide bonds. The van der Waals surface area contributed by atoms with Crippen LogP contribution in [0.2, 0.25) is 0 Å². The average Bonchev–Trinajstić information content (AvgIpc) is 3.32. The number of methoxy groups -OCH3 is 1. The van der Waals surface area contributed by atoms with Crippen LogP contribution in [0.15, 0.2) is 91.3 Å². The van der Waals surface area contributed by atoms with Crippen molar-refractivity contribution >= 4 is 11.6 Å². The molecule has 1 N–H and O–H groups in total. The van der Waals surface area contributed by atoms with Crippen molar-refractivity contribution in [3.05, 3.63) is 103 Å². The number of rotatable bonds is 6. The summed E-state index contributed by atoms with van der Waals surface area (Å²) in [5, 5.41) is 7.66. The van der Waals surface area contributed by atoms with Gasteiger partial charge in [0.05, 0.1) is 18.5 Å². The van der Waals surface area contributed by atoms with Gasteiger partial charge in [0, 0.05) is 36.1 Å². The Morgan fingerprint density at radius 2 is 1.70 bits per heavy atom. The maximum absolute atomic E-state index is 13.2. The van der Waals surface area contributed by atoms with E-state index in [0.29, 0.717) is 23.6 Å². The van der Waals surface area contributed by atoms with Crippen LogP contribution in [0.3, 0.4) is 0 Å². The Kier molecular flexibility index (Phi) is 5.51. The van der Waals surface area contributed by atoms with Crippen LogP contribution >= 0.6 is 0 Å². The fourth-order valence-electron chi connectivity index (χ4n) is 3.59. The van der Waals surface area contributed by atoms with Crippen LogP contribution < -0.4 is 10.1 Å². The molecule has 3 heterocycles. The molecule has 0 spiro atoms. The van der Waals surface area contributed by atoms with Crippen LogP contribution in [-0.2, 0) is 6.54 Å². The fourth-order valence-corrected chi connectivity index (χ4v) is 3.59. The largest absolute Gasteiger partial charge is 0.497 e. The van der Waals surface area contributed by atoms with Crippen molar-refractivity contribution in [3.8, 4) is 28.3 Å². The zero-order chi connectivity index (χ0) is 22.6. The maximum atomic E-state index is 13.2. The summed E-state index contributed by atoms with van der Waals surface area (Å²) in [7, 11) is 1.62. The van der Waals surface area contributed by atoms with Crippen molar-refractivity contribution in [1.82, 2.24) is 24.9 Å². The molecule has 0 aliphatic heterocycles. The molecule has 162 valence electrons. The molecular weight excluding hydrogens is 414 g/mol. The van der Waals surface area contributed by atoms with Crippen molar-refractivity contribution < 1.29 is 9.53 Å². The molecule has 33 heavy (non-hydrogen) atoms. The number of hydrogen-bond acceptors (Lipinski definition) is 5. The lowest BCUT2D eigenvalue weighted by atomic mass is 10.1. The average molecular weight is 435 g/mol. The van der Waals surface area contributed by atoms with Gasteiger partial charge in [-0.05, 0) is 35.9 Å². The number of nitrogens with zero attached hydrogens (tertiary/aromatic N) is 4. The molecule has 0 fully saturated rings. The molecule has 0 aliphatic rings. The van der Waals surface area contributed by atoms with Gasteiger partial charge in [-0.25, -0.2) is 9.50 Å². The van der Waals surface area contributed by atoms with Gasteiger partial charge in [0.25, 0.3) is 5.91 Å². The third-order valence-electron chi connectivity index (χ3n) is 5.30. The predicted molar refractivity (Wildman–Crippen MR) is 126 cm³/mol. The molecule has 7 heteroatoms. The fraction of sp³-hybridized carbons (Fsp3) is 0.0769. The number of nitrogens with one attached hydrogen (secondary N) is 1. The summed E-state index contributed by atoms with van der Waals surface area (Å²) >= 11 is 0. The van der Waals surface area contributed by atoms with Crippen molar-refractivity contribution in [2.24, 2.45) is 0 Å². The Balaban J connectivity index is 1.59. The van der Waals surface area contributed by atoms with Gasteiger partial charge in [0.2, 0.25) is 0 Å². The third kappa shape index (κ3) is 4.29. The van der Waals surface area contributed by atoms with E-state index in [2.05, 4.69) is 15.4 Å². The first-order valence-electron chi connectivity index (χ1n) is 10.5. The van der Waals surface area contributed by atoms with E-state index in [-0.39, 0.29) is 5.91 Å². The SMILES string of the molecule is COc1cccc(-c2cc(C(=O)NCc3ccncc3)n3nc(-c4ccccc4)cc3n2)c1. The highest BCUT2D eigenvalue weighted by Crippen LogP contribution is 2.26. The molecule has 5 aromatic rings. The summed E-state index contributed by atoms with van der Waals surface area (Å²) in [6, 6.07) is 24.8. The summed E-state index contributed by atoms with van der Waals surface area (Å²) in [6.07, 6.45) is 3.40. The normalized spacial score (nSPS) is 10.8. The molecule has 3 aromatic heterocycles. The topological polar surface area (TPSA) is 81.4 Å². The minimum atomic E-state index is -0.244. The van der Waals surface area contributed by atoms with Crippen LogP contribution in [0.25, 0.3) is 28.2 Å². The van der Waals surface area contributed by atoms with Crippen LogP contribution in [0.1, 0.15) is 16.1 Å².